The maximum absolute atomic E-state index is 10.7. The second-order valence-electron chi connectivity index (χ2n) is 4.32. The molecule has 1 aliphatic heterocycles. The number of rotatable bonds is 2. The van der Waals surface area contributed by atoms with Crippen molar-refractivity contribution in [2.24, 2.45) is 0 Å². The van der Waals surface area contributed by atoms with Crippen LogP contribution in [0.5, 0.6) is 0 Å². The summed E-state index contributed by atoms with van der Waals surface area (Å²) < 4.78 is 0. The fourth-order valence-corrected chi connectivity index (χ4v) is 1.97. The largest absolute Gasteiger partial charge is 0.367 e. The molecule has 0 amide bonds. The number of benzene rings is 1. The van der Waals surface area contributed by atoms with Crippen molar-refractivity contribution in [2.75, 3.05) is 18.0 Å². The van der Waals surface area contributed by atoms with Crippen LogP contribution >= 0.6 is 0 Å². The maximum Gasteiger partial charge on any atom is 0.287 e. The minimum absolute atomic E-state index is 0.115. The molecule has 5 heteroatoms. The van der Waals surface area contributed by atoms with E-state index in [1.165, 1.54) is 11.6 Å². The molecule has 0 atom stereocenters. The van der Waals surface area contributed by atoms with Crippen LogP contribution in [0.4, 0.5) is 11.4 Å². The van der Waals surface area contributed by atoms with Gasteiger partial charge in [0.1, 0.15) is 11.6 Å². The van der Waals surface area contributed by atoms with Gasteiger partial charge in [-0.25, -0.2) is 0 Å². The molecule has 0 saturated carbocycles. The van der Waals surface area contributed by atoms with Gasteiger partial charge in [0, 0.05) is 24.8 Å². The Morgan fingerprint density at radius 2 is 2.28 bits per heavy atom. The second kappa shape index (κ2) is 4.88. The average Bonchev–Trinajstić information content (AvgIpc) is 2.38. The van der Waals surface area contributed by atoms with E-state index >= 15 is 0 Å². The molecule has 0 bridgehead atoms. The molecule has 1 aromatic rings. The second-order valence-corrected chi connectivity index (χ2v) is 4.32. The van der Waals surface area contributed by atoms with Crippen molar-refractivity contribution in [2.45, 2.75) is 13.3 Å². The average molecular weight is 243 g/mol. The van der Waals surface area contributed by atoms with Gasteiger partial charge in [0.05, 0.1) is 4.92 Å². The van der Waals surface area contributed by atoms with E-state index in [1.807, 2.05) is 6.07 Å². The molecular weight excluding hydrogens is 230 g/mol. The van der Waals surface area contributed by atoms with Gasteiger partial charge < -0.3 is 4.90 Å². The van der Waals surface area contributed by atoms with Gasteiger partial charge in [0.15, 0.2) is 0 Å². The lowest BCUT2D eigenvalue weighted by atomic mass is 10.1. The number of nitro benzene ring substituents is 1. The molecule has 0 N–H and O–H groups in total. The summed E-state index contributed by atoms with van der Waals surface area (Å²) >= 11 is 0. The van der Waals surface area contributed by atoms with Crippen LogP contribution in [0, 0.1) is 21.4 Å². The first-order valence-electron chi connectivity index (χ1n) is 5.71. The Morgan fingerprint density at radius 3 is 2.83 bits per heavy atom. The monoisotopic (exact) mass is 243 g/mol. The first-order valence-corrected chi connectivity index (χ1v) is 5.71. The Labute approximate surface area is 105 Å². The Bertz CT molecular complexity index is 558. The number of hydrogen-bond donors (Lipinski definition) is 0. The van der Waals surface area contributed by atoms with Crippen molar-refractivity contribution in [3.05, 3.63) is 45.5 Å². The van der Waals surface area contributed by atoms with Gasteiger partial charge in [-0.15, -0.1) is 0 Å². The molecule has 0 saturated heterocycles. The van der Waals surface area contributed by atoms with Crippen molar-refractivity contribution < 1.29 is 4.92 Å². The molecule has 92 valence electrons. The molecule has 1 aliphatic rings. The van der Waals surface area contributed by atoms with Crippen molar-refractivity contribution in [3.63, 3.8) is 0 Å². The normalized spacial score (nSPS) is 14.9. The number of anilines is 1. The molecule has 1 heterocycles. The smallest absolute Gasteiger partial charge is 0.287 e. The van der Waals surface area contributed by atoms with Gasteiger partial charge in [-0.05, 0) is 25.5 Å². The standard InChI is InChI=1S/C13H13N3O2/c1-10-4-6-15(7-5-10)12-2-3-13(16(17)18)11(8-12)9-14/h2-4,8H,5-7H2,1H3. The van der Waals surface area contributed by atoms with Crippen LogP contribution in [0.2, 0.25) is 0 Å². The van der Waals surface area contributed by atoms with E-state index in [-0.39, 0.29) is 11.3 Å². The summed E-state index contributed by atoms with van der Waals surface area (Å²) in [5.41, 5.74) is 2.20. The molecular formula is C13H13N3O2. The van der Waals surface area contributed by atoms with Gasteiger partial charge in [0.25, 0.3) is 5.69 Å². The molecule has 0 spiro atoms. The van der Waals surface area contributed by atoms with Crippen LogP contribution in [0.3, 0.4) is 0 Å². The summed E-state index contributed by atoms with van der Waals surface area (Å²) in [6.45, 7) is 3.76. The van der Waals surface area contributed by atoms with E-state index in [0.717, 1.165) is 25.2 Å². The Hall–Kier alpha value is -2.35. The van der Waals surface area contributed by atoms with E-state index in [2.05, 4.69) is 17.9 Å². The minimum Gasteiger partial charge on any atom is -0.367 e. The fourth-order valence-electron chi connectivity index (χ4n) is 1.97. The lowest BCUT2D eigenvalue weighted by Crippen LogP contribution is -2.28. The van der Waals surface area contributed by atoms with E-state index in [4.69, 9.17) is 5.26 Å². The van der Waals surface area contributed by atoms with Gasteiger partial charge in [-0.1, -0.05) is 11.6 Å². The highest BCUT2D eigenvalue weighted by Crippen LogP contribution is 2.26. The molecule has 1 aromatic carbocycles. The zero-order chi connectivity index (χ0) is 13.1. The third kappa shape index (κ3) is 2.33. The van der Waals surface area contributed by atoms with Gasteiger partial charge in [-0.2, -0.15) is 5.26 Å². The molecule has 0 fully saturated rings. The third-order valence-corrected chi connectivity index (χ3v) is 3.10. The molecule has 0 radical (unpaired) electrons. The summed E-state index contributed by atoms with van der Waals surface area (Å²) in [6.07, 6.45) is 3.12. The molecule has 18 heavy (non-hydrogen) atoms. The first-order chi connectivity index (χ1) is 8.61. The topological polar surface area (TPSA) is 70.2 Å². The molecule has 5 nitrogen and oxygen atoms in total. The van der Waals surface area contributed by atoms with Crippen molar-refractivity contribution >= 4 is 11.4 Å². The maximum atomic E-state index is 10.7. The van der Waals surface area contributed by atoms with Crippen LogP contribution in [0.1, 0.15) is 18.9 Å². The van der Waals surface area contributed by atoms with Gasteiger partial charge >= 0.3 is 0 Å². The Balaban J connectivity index is 2.31. The lowest BCUT2D eigenvalue weighted by Gasteiger charge is -2.27. The molecule has 0 aromatic heterocycles. The minimum atomic E-state index is -0.525. The fraction of sp³-hybridized carbons (Fsp3) is 0.308. The number of nitrogens with zero attached hydrogens (tertiary/aromatic N) is 3. The van der Waals surface area contributed by atoms with Crippen molar-refractivity contribution in [3.8, 4) is 6.07 Å². The number of nitriles is 1. The van der Waals surface area contributed by atoms with Crippen LogP contribution < -0.4 is 4.90 Å². The molecule has 2 rings (SSSR count). The van der Waals surface area contributed by atoms with Gasteiger partial charge in [0.2, 0.25) is 0 Å². The summed E-state index contributed by atoms with van der Waals surface area (Å²) in [5, 5.41) is 19.7. The predicted octanol–water partition coefficient (Wildman–Crippen LogP) is 2.62. The zero-order valence-electron chi connectivity index (χ0n) is 10.1. The summed E-state index contributed by atoms with van der Waals surface area (Å²) in [4.78, 5) is 12.3. The van der Waals surface area contributed by atoms with Crippen molar-refractivity contribution in [1.82, 2.24) is 0 Å². The van der Waals surface area contributed by atoms with E-state index in [9.17, 15) is 10.1 Å². The van der Waals surface area contributed by atoms with Crippen LogP contribution in [0.25, 0.3) is 0 Å². The SMILES string of the molecule is CC1=CCN(c2ccc([N+](=O)[O-])c(C#N)c2)CC1. The van der Waals surface area contributed by atoms with Crippen LogP contribution in [0.15, 0.2) is 29.8 Å². The third-order valence-electron chi connectivity index (χ3n) is 3.10. The van der Waals surface area contributed by atoms with E-state index < -0.39 is 4.92 Å². The van der Waals surface area contributed by atoms with Crippen LogP contribution in [-0.4, -0.2) is 18.0 Å². The van der Waals surface area contributed by atoms with Gasteiger partial charge in [-0.3, -0.25) is 10.1 Å². The first kappa shape index (κ1) is 12.1. The Kier molecular flexibility index (Phi) is 3.28. The highest BCUT2D eigenvalue weighted by atomic mass is 16.6. The van der Waals surface area contributed by atoms with E-state index in [1.54, 1.807) is 12.1 Å². The highest BCUT2D eigenvalue weighted by Gasteiger charge is 2.17. The predicted molar refractivity (Wildman–Crippen MR) is 68.4 cm³/mol. The van der Waals surface area contributed by atoms with Crippen LogP contribution in [-0.2, 0) is 0 Å². The quantitative estimate of drug-likeness (QED) is 0.455. The lowest BCUT2D eigenvalue weighted by molar-refractivity contribution is -0.385. The summed E-state index contributed by atoms with van der Waals surface area (Å²) in [5.74, 6) is 0. The summed E-state index contributed by atoms with van der Waals surface area (Å²) in [7, 11) is 0. The molecule has 0 aliphatic carbocycles. The molecule has 0 unspecified atom stereocenters. The zero-order valence-corrected chi connectivity index (χ0v) is 10.1. The number of nitro groups is 1. The van der Waals surface area contributed by atoms with Crippen molar-refractivity contribution in [1.29, 1.82) is 5.26 Å². The summed E-state index contributed by atoms with van der Waals surface area (Å²) in [6, 6.07) is 6.58. The number of hydrogen-bond acceptors (Lipinski definition) is 4. The Morgan fingerprint density at radius 1 is 1.50 bits per heavy atom. The van der Waals surface area contributed by atoms with E-state index in [0.29, 0.717) is 0 Å². The highest BCUT2D eigenvalue weighted by molar-refractivity contribution is 5.60.